The molecule has 168 valence electrons. The number of nitrogens with one attached hydrogen (secondary N) is 2. The minimum absolute atomic E-state index is 0.138. The van der Waals surface area contributed by atoms with Crippen molar-refractivity contribution in [2.45, 2.75) is 58.3 Å². The van der Waals surface area contributed by atoms with Crippen LogP contribution in [0.1, 0.15) is 71.3 Å². The molecule has 1 aliphatic rings. The van der Waals surface area contributed by atoms with Crippen LogP contribution in [0, 0.1) is 0 Å². The molecule has 0 saturated heterocycles. The summed E-state index contributed by atoms with van der Waals surface area (Å²) in [6.45, 7) is 9.73. The standard InChI is InChI=1S/C22H25F3N2O3S/c1-6-30-19(29)15-13-11-20(2,3)27-21(4,5)16(13)31-18(15)26-17(28)12-9-7-8-10-14(12)22(23,24)25/h7-10,27H,6,11H2,1-5H3,(H,26,28). The lowest BCUT2D eigenvalue weighted by molar-refractivity contribution is -0.137. The van der Waals surface area contributed by atoms with Gasteiger partial charge in [-0.1, -0.05) is 12.1 Å². The third kappa shape index (κ3) is 4.62. The van der Waals surface area contributed by atoms with Gasteiger partial charge in [-0.2, -0.15) is 13.2 Å². The van der Waals surface area contributed by atoms with Crippen LogP contribution >= 0.6 is 11.3 Å². The fraction of sp³-hybridized carbons (Fsp3) is 0.455. The Morgan fingerprint density at radius 2 is 1.84 bits per heavy atom. The smallest absolute Gasteiger partial charge is 0.417 e. The third-order valence-corrected chi connectivity index (χ3v) is 6.50. The minimum Gasteiger partial charge on any atom is -0.462 e. The summed E-state index contributed by atoms with van der Waals surface area (Å²) in [5.41, 5.74) is -1.42. The molecule has 0 atom stereocenters. The number of halogens is 3. The molecule has 0 spiro atoms. The highest BCUT2D eigenvalue weighted by molar-refractivity contribution is 7.17. The Kier molecular flexibility index (Phi) is 5.96. The van der Waals surface area contributed by atoms with E-state index in [1.54, 1.807) is 6.92 Å². The van der Waals surface area contributed by atoms with Crippen LogP contribution in [0.3, 0.4) is 0 Å². The highest BCUT2D eigenvalue weighted by atomic mass is 32.1. The zero-order valence-electron chi connectivity index (χ0n) is 18.0. The van der Waals surface area contributed by atoms with Crippen LogP contribution in [-0.4, -0.2) is 24.0 Å². The summed E-state index contributed by atoms with van der Waals surface area (Å²) in [5.74, 6) is -1.53. The number of benzene rings is 1. The second kappa shape index (κ2) is 7.94. The van der Waals surface area contributed by atoms with Gasteiger partial charge >= 0.3 is 12.1 Å². The van der Waals surface area contributed by atoms with Gasteiger partial charge in [0.05, 0.1) is 23.3 Å². The van der Waals surface area contributed by atoms with E-state index in [4.69, 9.17) is 4.74 Å². The molecular formula is C22H25F3N2O3S. The van der Waals surface area contributed by atoms with Gasteiger partial charge in [0.2, 0.25) is 0 Å². The molecule has 3 rings (SSSR count). The molecule has 0 saturated carbocycles. The zero-order chi connectivity index (χ0) is 23.2. The summed E-state index contributed by atoms with van der Waals surface area (Å²) in [6.07, 6.45) is -4.17. The van der Waals surface area contributed by atoms with Gasteiger partial charge in [-0.25, -0.2) is 4.79 Å². The maximum absolute atomic E-state index is 13.4. The normalized spacial score (nSPS) is 17.0. The molecule has 5 nitrogen and oxygen atoms in total. The van der Waals surface area contributed by atoms with Gasteiger partial charge in [-0.05, 0) is 58.7 Å². The van der Waals surface area contributed by atoms with Crippen LogP contribution in [0.15, 0.2) is 24.3 Å². The van der Waals surface area contributed by atoms with Gasteiger partial charge in [-0.15, -0.1) is 11.3 Å². The van der Waals surface area contributed by atoms with Crippen LogP contribution in [0.25, 0.3) is 0 Å². The maximum atomic E-state index is 13.4. The molecule has 0 bridgehead atoms. The molecule has 2 N–H and O–H groups in total. The SMILES string of the molecule is CCOC(=O)c1c(NC(=O)c2ccccc2C(F)(F)F)sc2c1CC(C)(C)NC2(C)C. The molecule has 0 aliphatic carbocycles. The van der Waals surface area contributed by atoms with Crippen molar-refractivity contribution in [3.63, 3.8) is 0 Å². The summed E-state index contributed by atoms with van der Waals surface area (Å²) in [6, 6.07) is 4.57. The number of thiophene rings is 1. The van der Waals surface area contributed by atoms with Crippen molar-refractivity contribution in [2.75, 3.05) is 11.9 Å². The first-order chi connectivity index (χ1) is 14.3. The van der Waals surface area contributed by atoms with Crippen LogP contribution in [0.4, 0.5) is 18.2 Å². The summed E-state index contributed by atoms with van der Waals surface area (Å²) in [4.78, 5) is 26.5. The number of rotatable bonds is 4. The molecule has 0 fully saturated rings. The molecular weight excluding hydrogens is 429 g/mol. The highest BCUT2D eigenvalue weighted by Gasteiger charge is 2.42. The lowest BCUT2D eigenvalue weighted by Crippen LogP contribution is -2.55. The average Bonchev–Trinajstić information content (AvgIpc) is 2.98. The predicted octanol–water partition coefficient (Wildman–Crippen LogP) is 5.36. The van der Waals surface area contributed by atoms with Crippen molar-refractivity contribution in [3.05, 3.63) is 51.4 Å². The Hall–Kier alpha value is -2.39. The van der Waals surface area contributed by atoms with E-state index in [2.05, 4.69) is 10.6 Å². The van der Waals surface area contributed by atoms with Crippen molar-refractivity contribution >= 4 is 28.2 Å². The number of ether oxygens (including phenoxy) is 1. The molecule has 1 aromatic carbocycles. The van der Waals surface area contributed by atoms with E-state index >= 15 is 0 Å². The Morgan fingerprint density at radius 1 is 1.19 bits per heavy atom. The number of alkyl halides is 3. The first-order valence-corrected chi connectivity index (χ1v) is 10.7. The Labute approximate surface area is 183 Å². The van der Waals surface area contributed by atoms with Gasteiger partial charge in [-0.3, -0.25) is 4.79 Å². The van der Waals surface area contributed by atoms with Crippen molar-refractivity contribution in [2.24, 2.45) is 0 Å². The number of esters is 1. The molecule has 31 heavy (non-hydrogen) atoms. The lowest BCUT2D eigenvalue weighted by Gasteiger charge is -2.42. The highest BCUT2D eigenvalue weighted by Crippen LogP contribution is 2.45. The number of carbonyl (C=O) groups excluding carboxylic acids is 2. The predicted molar refractivity (Wildman–Crippen MR) is 114 cm³/mol. The van der Waals surface area contributed by atoms with Crippen molar-refractivity contribution < 1.29 is 27.5 Å². The van der Waals surface area contributed by atoms with Crippen LogP contribution in [-0.2, 0) is 22.9 Å². The van der Waals surface area contributed by atoms with E-state index in [-0.39, 0.29) is 22.7 Å². The first kappa shape index (κ1) is 23.3. The Bertz CT molecular complexity index is 1030. The number of amides is 1. The quantitative estimate of drug-likeness (QED) is 0.611. The van der Waals surface area contributed by atoms with Gasteiger partial charge in [0.15, 0.2) is 0 Å². The largest absolute Gasteiger partial charge is 0.462 e. The summed E-state index contributed by atoms with van der Waals surface area (Å²) in [7, 11) is 0. The monoisotopic (exact) mass is 454 g/mol. The number of hydrogen-bond acceptors (Lipinski definition) is 5. The zero-order valence-corrected chi connectivity index (χ0v) is 18.8. The third-order valence-electron chi connectivity index (χ3n) is 5.03. The van der Waals surface area contributed by atoms with Gasteiger partial charge in [0.1, 0.15) is 5.00 Å². The van der Waals surface area contributed by atoms with E-state index in [0.717, 1.165) is 22.6 Å². The van der Waals surface area contributed by atoms with E-state index in [9.17, 15) is 22.8 Å². The second-order valence-corrected chi connectivity index (χ2v) is 9.66. The minimum atomic E-state index is -4.68. The molecule has 1 aliphatic heterocycles. The fourth-order valence-corrected chi connectivity index (χ4v) is 5.39. The van der Waals surface area contributed by atoms with E-state index in [1.807, 2.05) is 27.7 Å². The topological polar surface area (TPSA) is 67.4 Å². The van der Waals surface area contributed by atoms with Crippen molar-refractivity contribution in [1.82, 2.24) is 5.32 Å². The summed E-state index contributed by atoms with van der Waals surface area (Å²) in [5, 5.41) is 6.26. The molecule has 1 aromatic heterocycles. The van der Waals surface area contributed by atoms with Gasteiger partial charge in [0, 0.05) is 16.0 Å². The van der Waals surface area contributed by atoms with Gasteiger partial charge in [0.25, 0.3) is 5.91 Å². The number of anilines is 1. The van der Waals surface area contributed by atoms with Crippen LogP contribution in [0.2, 0.25) is 0 Å². The number of fused-ring (bicyclic) bond motifs is 1. The Balaban J connectivity index is 2.10. The molecule has 9 heteroatoms. The Morgan fingerprint density at radius 3 is 2.45 bits per heavy atom. The molecule has 1 amide bonds. The average molecular weight is 455 g/mol. The second-order valence-electron chi connectivity index (χ2n) is 8.64. The van der Waals surface area contributed by atoms with Crippen molar-refractivity contribution in [3.8, 4) is 0 Å². The summed E-state index contributed by atoms with van der Waals surface area (Å²) >= 11 is 1.18. The van der Waals surface area contributed by atoms with Crippen LogP contribution in [0.5, 0.6) is 0 Å². The van der Waals surface area contributed by atoms with Gasteiger partial charge < -0.3 is 15.4 Å². The van der Waals surface area contributed by atoms with E-state index in [1.165, 1.54) is 23.5 Å². The van der Waals surface area contributed by atoms with E-state index < -0.39 is 34.7 Å². The fourth-order valence-electron chi connectivity index (χ4n) is 4.13. The number of carbonyl (C=O) groups is 2. The molecule has 0 radical (unpaired) electrons. The van der Waals surface area contributed by atoms with E-state index in [0.29, 0.717) is 6.42 Å². The van der Waals surface area contributed by atoms with Crippen LogP contribution < -0.4 is 10.6 Å². The molecule has 2 heterocycles. The molecule has 2 aromatic rings. The summed E-state index contributed by atoms with van der Waals surface area (Å²) < 4.78 is 45.3. The first-order valence-electron chi connectivity index (χ1n) is 9.87. The molecule has 0 unspecified atom stereocenters. The van der Waals surface area contributed by atoms with Crippen molar-refractivity contribution in [1.29, 1.82) is 0 Å². The maximum Gasteiger partial charge on any atom is 0.417 e. The number of hydrogen-bond donors (Lipinski definition) is 2. The lowest BCUT2D eigenvalue weighted by atomic mass is 9.81.